The first-order valence-corrected chi connectivity index (χ1v) is 8.80. The van der Waals surface area contributed by atoms with E-state index in [9.17, 15) is 4.79 Å². The van der Waals surface area contributed by atoms with Gasteiger partial charge in [0.05, 0.1) is 20.8 Å². The van der Waals surface area contributed by atoms with Crippen molar-refractivity contribution in [2.45, 2.75) is 19.9 Å². The second-order valence-corrected chi connectivity index (χ2v) is 5.89. The summed E-state index contributed by atoms with van der Waals surface area (Å²) in [4.78, 5) is 11.7. The van der Waals surface area contributed by atoms with Gasteiger partial charge in [-0.25, -0.2) is 10.6 Å². The van der Waals surface area contributed by atoms with Crippen molar-refractivity contribution in [2.24, 2.45) is 11.6 Å². The Morgan fingerprint density at radius 2 is 1.89 bits per heavy atom. The molecule has 0 unspecified atom stereocenters. The van der Waals surface area contributed by atoms with Gasteiger partial charge in [-0.1, -0.05) is 50.4 Å². The largest absolute Gasteiger partial charge is 0.497 e. The van der Waals surface area contributed by atoms with Crippen LogP contribution in [0.3, 0.4) is 0 Å². The predicted molar refractivity (Wildman–Crippen MR) is 113 cm³/mol. The molecule has 0 spiro atoms. The van der Waals surface area contributed by atoms with E-state index in [1.54, 1.807) is 25.3 Å². The van der Waals surface area contributed by atoms with Crippen LogP contribution in [0.25, 0.3) is 0 Å². The van der Waals surface area contributed by atoms with Gasteiger partial charge in [0.1, 0.15) is 11.6 Å². The lowest BCUT2D eigenvalue weighted by Gasteiger charge is -2.23. The number of methoxy groups -OCH3 is 2. The van der Waals surface area contributed by atoms with Crippen LogP contribution in [0.15, 0.2) is 84.3 Å². The summed E-state index contributed by atoms with van der Waals surface area (Å²) in [5, 5.41) is 1.43. The SMILES string of the molecule is C=C/C=C\C(C(=C)/C(=C\C(=O)OC)CC)=C(/N)N(N)Cc1ccc(OC)cc1. The van der Waals surface area contributed by atoms with Gasteiger partial charge in [-0.05, 0) is 35.3 Å². The molecule has 28 heavy (non-hydrogen) atoms. The lowest BCUT2D eigenvalue weighted by molar-refractivity contribution is -0.134. The summed E-state index contributed by atoms with van der Waals surface area (Å²) in [5.41, 5.74) is 9.19. The molecular formula is C22H29N3O3. The van der Waals surface area contributed by atoms with Crippen molar-refractivity contribution in [3.8, 4) is 5.75 Å². The topological polar surface area (TPSA) is 90.8 Å². The first-order valence-electron chi connectivity index (χ1n) is 8.80. The standard InChI is InChI=1S/C22H29N3O3/c1-6-8-9-20(16(3)18(7-2)14-21(26)28-5)22(23)25(24)15-17-10-12-19(27-4)13-11-17/h6,8-14H,1,3,7,15,23-24H2,2,4-5H3/b9-8-,18-14-,22-20-. The fourth-order valence-corrected chi connectivity index (χ4v) is 2.45. The van der Waals surface area contributed by atoms with Crippen LogP contribution in [-0.4, -0.2) is 25.2 Å². The fraction of sp³-hybridized carbons (Fsp3) is 0.227. The van der Waals surface area contributed by atoms with Gasteiger partial charge in [0.25, 0.3) is 0 Å². The van der Waals surface area contributed by atoms with E-state index in [1.807, 2.05) is 31.2 Å². The van der Waals surface area contributed by atoms with Crippen LogP contribution < -0.4 is 16.3 Å². The Bertz CT molecular complexity index is 790. The van der Waals surface area contributed by atoms with Crippen LogP contribution >= 0.6 is 0 Å². The third-order valence-electron chi connectivity index (χ3n) is 4.08. The van der Waals surface area contributed by atoms with Gasteiger partial charge in [-0.2, -0.15) is 0 Å². The van der Waals surface area contributed by atoms with Crippen molar-refractivity contribution in [1.29, 1.82) is 0 Å². The molecule has 0 fully saturated rings. The summed E-state index contributed by atoms with van der Waals surface area (Å²) < 4.78 is 9.88. The number of hydrogen-bond donors (Lipinski definition) is 2. The molecule has 1 rings (SSSR count). The van der Waals surface area contributed by atoms with Crippen LogP contribution in [0.5, 0.6) is 5.75 Å². The highest BCUT2D eigenvalue weighted by Gasteiger charge is 2.14. The average Bonchev–Trinajstić information content (AvgIpc) is 2.72. The highest BCUT2D eigenvalue weighted by Crippen LogP contribution is 2.24. The Morgan fingerprint density at radius 1 is 1.25 bits per heavy atom. The summed E-state index contributed by atoms with van der Waals surface area (Å²) in [6.45, 7) is 10.1. The van der Waals surface area contributed by atoms with Crippen molar-refractivity contribution >= 4 is 5.97 Å². The number of hydrogen-bond acceptors (Lipinski definition) is 6. The van der Waals surface area contributed by atoms with E-state index < -0.39 is 5.97 Å². The fourth-order valence-electron chi connectivity index (χ4n) is 2.45. The number of rotatable bonds is 10. The van der Waals surface area contributed by atoms with E-state index in [1.165, 1.54) is 18.2 Å². The van der Waals surface area contributed by atoms with E-state index in [0.29, 0.717) is 35.5 Å². The molecule has 0 aliphatic carbocycles. The Balaban J connectivity index is 3.22. The summed E-state index contributed by atoms with van der Waals surface area (Å²) in [5.74, 6) is 6.84. The van der Waals surface area contributed by atoms with Crippen molar-refractivity contribution in [3.05, 3.63) is 89.8 Å². The van der Waals surface area contributed by atoms with Gasteiger partial charge in [0, 0.05) is 11.6 Å². The second-order valence-electron chi connectivity index (χ2n) is 5.89. The van der Waals surface area contributed by atoms with Crippen molar-refractivity contribution in [1.82, 2.24) is 5.01 Å². The number of nitrogens with two attached hydrogens (primary N) is 2. The summed E-state index contributed by atoms with van der Waals surface area (Å²) >= 11 is 0. The molecule has 1 aromatic rings. The van der Waals surface area contributed by atoms with Crippen LogP contribution in [0, 0.1) is 0 Å². The van der Waals surface area contributed by atoms with E-state index in [0.717, 1.165) is 11.3 Å². The molecule has 0 bridgehead atoms. The van der Waals surface area contributed by atoms with Crippen molar-refractivity contribution in [3.63, 3.8) is 0 Å². The van der Waals surface area contributed by atoms with Crippen molar-refractivity contribution in [2.75, 3.05) is 14.2 Å². The van der Waals surface area contributed by atoms with Crippen LogP contribution in [0.4, 0.5) is 0 Å². The maximum atomic E-state index is 11.7. The van der Waals surface area contributed by atoms with Crippen LogP contribution in [-0.2, 0) is 16.1 Å². The highest BCUT2D eigenvalue weighted by atomic mass is 16.5. The Kier molecular flexibility index (Phi) is 9.33. The molecule has 0 radical (unpaired) electrons. The highest BCUT2D eigenvalue weighted by molar-refractivity contribution is 5.84. The van der Waals surface area contributed by atoms with Gasteiger partial charge in [-0.3, -0.25) is 5.01 Å². The maximum absolute atomic E-state index is 11.7. The zero-order valence-electron chi connectivity index (χ0n) is 16.8. The molecule has 4 N–H and O–H groups in total. The third kappa shape index (κ3) is 6.48. The first-order chi connectivity index (χ1) is 13.4. The van der Waals surface area contributed by atoms with Gasteiger partial charge in [-0.15, -0.1) is 0 Å². The van der Waals surface area contributed by atoms with E-state index in [2.05, 4.69) is 13.2 Å². The number of nitrogens with zero attached hydrogens (tertiary/aromatic N) is 1. The minimum Gasteiger partial charge on any atom is -0.497 e. The van der Waals surface area contributed by atoms with Crippen LogP contribution in [0.1, 0.15) is 18.9 Å². The Labute approximate surface area is 167 Å². The lowest BCUT2D eigenvalue weighted by atomic mass is 9.96. The Morgan fingerprint density at radius 3 is 2.39 bits per heavy atom. The van der Waals surface area contributed by atoms with Crippen molar-refractivity contribution < 1.29 is 14.3 Å². The molecule has 0 saturated heterocycles. The van der Waals surface area contributed by atoms with Gasteiger partial charge in [0.15, 0.2) is 0 Å². The number of ether oxygens (including phenoxy) is 2. The summed E-state index contributed by atoms with van der Waals surface area (Å²) in [7, 11) is 2.94. The normalized spacial score (nSPS) is 12.4. The molecule has 150 valence electrons. The van der Waals surface area contributed by atoms with Gasteiger partial charge >= 0.3 is 5.97 Å². The summed E-state index contributed by atoms with van der Waals surface area (Å²) in [6, 6.07) is 7.53. The molecule has 0 aliphatic rings. The van der Waals surface area contributed by atoms with Crippen LogP contribution in [0.2, 0.25) is 0 Å². The monoisotopic (exact) mass is 383 g/mol. The summed E-state index contributed by atoms with van der Waals surface area (Å²) in [6.07, 6.45) is 7.11. The molecular weight excluding hydrogens is 354 g/mol. The van der Waals surface area contributed by atoms with Gasteiger partial charge < -0.3 is 15.2 Å². The molecule has 0 atom stereocenters. The Hall–Kier alpha value is -3.25. The third-order valence-corrected chi connectivity index (χ3v) is 4.08. The smallest absolute Gasteiger partial charge is 0.330 e. The molecule has 0 saturated carbocycles. The molecule has 0 heterocycles. The number of benzene rings is 1. The lowest BCUT2D eigenvalue weighted by Crippen LogP contribution is -2.35. The molecule has 6 nitrogen and oxygen atoms in total. The average molecular weight is 383 g/mol. The molecule has 0 aromatic heterocycles. The number of carbonyl (C=O) groups excluding carboxylic acids is 1. The maximum Gasteiger partial charge on any atom is 0.330 e. The molecule has 1 aromatic carbocycles. The zero-order chi connectivity index (χ0) is 21.1. The van der Waals surface area contributed by atoms with E-state index in [-0.39, 0.29) is 0 Å². The molecule has 0 aliphatic heterocycles. The zero-order valence-corrected chi connectivity index (χ0v) is 16.8. The first kappa shape index (κ1) is 22.8. The van der Waals surface area contributed by atoms with E-state index in [4.69, 9.17) is 21.1 Å². The number of allylic oxidation sites excluding steroid dienone is 6. The van der Waals surface area contributed by atoms with E-state index >= 15 is 0 Å². The minimum atomic E-state index is -0.452. The second kappa shape index (κ2) is 11.5. The molecule has 6 heteroatoms. The number of hydrazine groups is 1. The minimum absolute atomic E-state index is 0.322. The predicted octanol–water partition coefficient (Wildman–Crippen LogP) is 3.35. The number of carbonyl (C=O) groups is 1. The number of esters is 1. The quantitative estimate of drug-likeness (QED) is 0.212. The van der Waals surface area contributed by atoms with Gasteiger partial charge in [0.2, 0.25) is 0 Å². The molecule has 0 amide bonds.